The molecule has 0 unspecified atom stereocenters. The van der Waals surface area contributed by atoms with E-state index in [9.17, 15) is 4.79 Å². The first-order chi connectivity index (χ1) is 8.15. The van der Waals surface area contributed by atoms with Crippen molar-refractivity contribution >= 4 is 17.2 Å². The van der Waals surface area contributed by atoms with E-state index in [2.05, 4.69) is 10.3 Å². The normalized spacial score (nSPS) is 10.8. The summed E-state index contributed by atoms with van der Waals surface area (Å²) >= 11 is 1.40. The van der Waals surface area contributed by atoms with E-state index in [0.717, 1.165) is 23.4 Å². The third-order valence-electron chi connectivity index (χ3n) is 2.24. The summed E-state index contributed by atoms with van der Waals surface area (Å²) < 4.78 is 5.40. The highest BCUT2D eigenvalue weighted by molar-refractivity contribution is 7.11. The summed E-state index contributed by atoms with van der Waals surface area (Å²) in [5.74, 6) is -0.0195. The van der Waals surface area contributed by atoms with Gasteiger partial charge in [0.15, 0.2) is 0 Å². The number of nitrogens with zero attached hydrogens (tertiary/aromatic N) is 1. The van der Waals surface area contributed by atoms with Gasteiger partial charge in [0.2, 0.25) is 0 Å². The van der Waals surface area contributed by atoms with Gasteiger partial charge in [-0.25, -0.2) is 4.98 Å². The summed E-state index contributed by atoms with van der Waals surface area (Å²) in [7, 11) is 0. The Balaban J connectivity index is 2.26. The monoisotopic (exact) mass is 256 g/mol. The number of aromatic nitrogens is 1. The van der Waals surface area contributed by atoms with Gasteiger partial charge < -0.3 is 10.1 Å². The largest absolute Gasteiger partial charge is 0.379 e. The van der Waals surface area contributed by atoms with Crippen LogP contribution >= 0.6 is 11.3 Å². The van der Waals surface area contributed by atoms with Crippen LogP contribution in [0.2, 0.25) is 0 Å². The van der Waals surface area contributed by atoms with Crippen LogP contribution in [0.1, 0.15) is 42.6 Å². The minimum atomic E-state index is -0.0195. The molecule has 0 saturated heterocycles. The van der Waals surface area contributed by atoms with E-state index in [1.807, 2.05) is 20.8 Å². The maximum atomic E-state index is 11.8. The molecule has 1 aromatic heterocycles. The molecule has 17 heavy (non-hydrogen) atoms. The molecule has 0 aromatic carbocycles. The minimum Gasteiger partial charge on any atom is -0.379 e. The number of rotatable bonds is 7. The molecule has 0 bridgehead atoms. The van der Waals surface area contributed by atoms with Crippen molar-refractivity contribution in [2.75, 3.05) is 13.2 Å². The number of ether oxygens (including phenoxy) is 1. The zero-order chi connectivity index (χ0) is 12.7. The van der Waals surface area contributed by atoms with Gasteiger partial charge in [-0.1, -0.05) is 6.92 Å². The van der Waals surface area contributed by atoms with E-state index in [-0.39, 0.29) is 12.0 Å². The molecule has 1 aromatic rings. The predicted octanol–water partition coefficient (Wildman–Crippen LogP) is 2.25. The molecule has 1 N–H and O–H groups in total. The van der Waals surface area contributed by atoms with Crippen molar-refractivity contribution in [3.8, 4) is 0 Å². The maximum absolute atomic E-state index is 11.8. The van der Waals surface area contributed by atoms with Crippen molar-refractivity contribution in [3.63, 3.8) is 0 Å². The van der Waals surface area contributed by atoms with Gasteiger partial charge in [-0.3, -0.25) is 4.79 Å². The average molecular weight is 256 g/mol. The molecule has 0 fully saturated rings. The van der Waals surface area contributed by atoms with Crippen LogP contribution in [0.15, 0.2) is 5.51 Å². The van der Waals surface area contributed by atoms with Gasteiger partial charge in [0.1, 0.15) is 4.88 Å². The molecule has 0 aliphatic rings. The lowest BCUT2D eigenvalue weighted by atomic mass is 10.3. The molecule has 0 radical (unpaired) electrons. The molecular formula is C12H20N2O2S. The Bertz CT molecular complexity index is 350. The first-order valence-electron chi connectivity index (χ1n) is 5.97. The van der Waals surface area contributed by atoms with Crippen molar-refractivity contribution in [1.82, 2.24) is 10.3 Å². The van der Waals surface area contributed by atoms with Gasteiger partial charge >= 0.3 is 0 Å². The highest BCUT2D eigenvalue weighted by Crippen LogP contribution is 2.13. The van der Waals surface area contributed by atoms with Crippen molar-refractivity contribution in [2.24, 2.45) is 0 Å². The molecular weight excluding hydrogens is 236 g/mol. The lowest BCUT2D eigenvalue weighted by Gasteiger charge is -2.08. The summed E-state index contributed by atoms with van der Waals surface area (Å²) in [6.07, 6.45) is 1.88. The number of nitrogens with one attached hydrogen (secondary N) is 1. The zero-order valence-electron chi connectivity index (χ0n) is 10.7. The van der Waals surface area contributed by atoms with E-state index in [1.54, 1.807) is 5.51 Å². The van der Waals surface area contributed by atoms with Gasteiger partial charge in [0, 0.05) is 13.2 Å². The standard InChI is InChI=1S/C12H20N2O2S/c1-4-10-11(17-8-14-10)12(15)13-6-5-7-16-9(2)3/h8-9H,4-7H2,1-3H3,(H,13,15). The average Bonchev–Trinajstić information content (AvgIpc) is 2.75. The van der Waals surface area contributed by atoms with Crippen LogP contribution in [0.5, 0.6) is 0 Å². The number of hydrogen-bond donors (Lipinski definition) is 1. The number of hydrogen-bond acceptors (Lipinski definition) is 4. The van der Waals surface area contributed by atoms with Crippen molar-refractivity contribution in [3.05, 3.63) is 16.1 Å². The Hall–Kier alpha value is -0.940. The fourth-order valence-electron chi connectivity index (χ4n) is 1.38. The molecule has 5 heteroatoms. The molecule has 0 saturated carbocycles. The summed E-state index contributed by atoms with van der Waals surface area (Å²) in [4.78, 5) is 16.7. The fraction of sp³-hybridized carbons (Fsp3) is 0.667. The lowest BCUT2D eigenvalue weighted by molar-refractivity contribution is 0.0757. The highest BCUT2D eigenvalue weighted by atomic mass is 32.1. The molecule has 1 rings (SSSR count). The lowest BCUT2D eigenvalue weighted by Crippen LogP contribution is -2.25. The van der Waals surface area contributed by atoms with Crippen LogP contribution in [-0.2, 0) is 11.2 Å². The Morgan fingerprint density at radius 2 is 2.35 bits per heavy atom. The predicted molar refractivity (Wildman–Crippen MR) is 69.5 cm³/mol. The van der Waals surface area contributed by atoms with E-state index >= 15 is 0 Å². The van der Waals surface area contributed by atoms with Crippen LogP contribution in [0.4, 0.5) is 0 Å². The van der Waals surface area contributed by atoms with Crippen molar-refractivity contribution in [2.45, 2.75) is 39.7 Å². The van der Waals surface area contributed by atoms with E-state index in [1.165, 1.54) is 11.3 Å². The first-order valence-corrected chi connectivity index (χ1v) is 6.85. The molecule has 0 aliphatic heterocycles. The number of carbonyl (C=O) groups is 1. The molecule has 0 spiro atoms. The number of amides is 1. The van der Waals surface area contributed by atoms with Crippen molar-refractivity contribution in [1.29, 1.82) is 0 Å². The number of carbonyl (C=O) groups excluding carboxylic acids is 1. The van der Waals surface area contributed by atoms with Crippen LogP contribution in [-0.4, -0.2) is 30.1 Å². The minimum absolute atomic E-state index is 0.0195. The summed E-state index contributed by atoms with van der Waals surface area (Å²) in [5.41, 5.74) is 2.60. The number of thiazole rings is 1. The molecule has 96 valence electrons. The van der Waals surface area contributed by atoms with Crippen LogP contribution in [0, 0.1) is 0 Å². The quantitative estimate of drug-likeness (QED) is 0.761. The summed E-state index contributed by atoms with van der Waals surface area (Å²) in [6.45, 7) is 7.34. The topological polar surface area (TPSA) is 51.2 Å². The van der Waals surface area contributed by atoms with E-state index in [0.29, 0.717) is 13.2 Å². The van der Waals surface area contributed by atoms with Gasteiger partial charge in [-0.15, -0.1) is 11.3 Å². The van der Waals surface area contributed by atoms with Gasteiger partial charge in [-0.2, -0.15) is 0 Å². The fourth-order valence-corrected chi connectivity index (χ4v) is 2.18. The Labute approximate surface area is 106 Å². The zero-order valence-corrected chi connectivity index (χ0v) is 11.5. The first kappa shape index (κ1) is 14.1. The second-order valence-electron chi connectivity index (χ2n) is 4.01. The van der Waals surface area contributed by atoms with E-state index in [4.69, 9.17) is 4.74 Å². The molecule has 4 nitrogen and oxygen atoms in total. The molecule has 0 aliphatic carbocycles. The third-order valence-corrected chi connectivity index (χ3v) is 3.11. The maximum Gasteiger partial charge on any atom is 0.263 e. The third kappa shape index (κ3) is 4.83. The smallest absolute Gasteiger partial charge is 0.263 e. The SMILES string of the molecule is CCc1ncsc1C(=O)NCCCOC(C)C. The van der Waals surface area contributed by atoms with Gasteiger partial charge in [0.25, 0.3) is 5.91 Å². The second-order valence-corrected chi connectivity index (χ2v) is 4.87. The Kier molecular flexibility index (Phi) is 6.15. The molecule has 0 atom stereocenters. The second kappa shape index (κ2) is 7.40. The van der Waals surface area contributed by atoms with E-state index < -0.39 is 0 Å². The Morgan fingerprint density at radius 3 is 3.00 bits per heavy atom. The summed E-state index contributed by atoms with van der Waals surface area (Å²) in [6, 6.07) is 0. The van der Waals surface area contributed by atoms with Crippen LogP contribution in [0.3, 0.4) is 0 Å². The van der Waals surface area contributed by atoms with Crippen molar-refractivity contribution < 1.29 is 9.53 Å². The van der Waals surface area contributed by atoms with Gasteiger partial charge in [-0.05, 0) is 26.7 Å². The van der Waals surface area contributed by atoms with Crippen LogP contribution in [0.25, 0.3) is 0 Å². The molecule has 1 amide bonds. The summed E-state index contributed by atoms with van der Waals surface area (Å²) in [5, 5.41) is 2.88. The van der Waals surface area contributed by atoms with Gasteiger partial charge in [0.05, 0.1) is 17.3 Å². The highest BCUT2D eigenvalue weighted by Gasteiger charge is 2.12. The Morgan fingerprint density at radius 1 is 1.59 bits per heavy atom. The molecule has 1 heterocycles. The van der Waals surface area contributed by atoms with Crippen LogP contribution < -0.4 is 5.32 Å². The number of aryl methyl sites for hydroxylation is 1.